The Balaban J connectivity index is 1.71. The molecule has 1 spiro atoms. The van der Waals surface area contributed by atoms with E-state index >= 15 is 0 Å². The van der Waals surface area contributed by atoms with Crippen molar-refractivity contribution >= 4 is 5.91 Å². The first-order chi connectivity index (χ1) is 7.69. The second-order valence-corrected chi connectivity index (χ2v) is 4.87. The molecule has 16 heavy (non-hydrogen) atoms. The summed E-state index contributed by atoms with van der Waals surface area (Å²) in [5, 5.41) is 3.38. The number of carbonyl (C=O) groups excluding carboxylic acids is 1. The van der Waals surface area contributed by atoms with Crippen LogP contribution in [0.2, 0.25) is 0 Å². The quantitative estimate of drug-likeness (QED) is 0.690. The predicted octanol–water partition coefficient (Wildman–Crippen LogP) is 1.11. The molecule has 0 aromatic heterocycles. The third-order valence-corrected chi connectivity index (χ3v) is 3.49. The number of nitrogens with zero attached hydrogens (tertiary/aromatic N) is 1. The summed E-state index contributed by atoms with van der Waals surface area (Å²) < 4.78 is 5.50. The van der Waals surface area contributed by atoms with E-state index in [1.165, 1.54) is 0 Å². The molecule has 1 aliphatic heterocycles. The van der Waals surface area contributed by atoms with Crippen LogP contribution in [0.4, 0.5) is 0 Å². The number of rotatable bonds is 6. The Morgan fingerprint density at radius 2 is 2.25 bits per heavy atom. The Labute approximate surface area is 97.3 Å². The van der Waals surface area contributed by atoms with E-state index in [9.17, 15) is 4.79 Å². The molecule has 0 aromatic carbocycles. The minimum atomic E-state index is -0.178. The van der Waals surface area contributed by atoms with E-state index in [1.54, 1.807) is 0 Å². The van der Waals surface area contributed by atoms with Crippen LogP contribution >= 0.6 is 0 Å². The third-order valence-electron chi connectivity index (χ3n) is 3.49. The number of carbonyl (C=O) groups is 1. The van der Waals surface area contributed by atoms with E-state index in [0.717, 1.165) is 38.8 Å². The Bertz CT molecular complexity index is 264. The van der Waals surface area contributed by atoms with Crippen molar-refractivity contribution < 1.29 is 9.53 Å². The van der Waals surface area contributed by atoms with Gasteiger partial charge in [0.2, 0.25) is 5.91 Å². The Kier molecular flexibility index (Phi) is 3.50. The highest BCUT2D eigenvalue weighted by molar-refractivity contribution is 5.91. The van der Waals surface area contributed by atoms with Crippen LogP contribution in [0.3, 0.4) is 0 Å². The van der Waals surface area contributed by atoms with Gasteiger partial charge < -0.3 is 9.64 Å². The van der Waals surface area contributed by atoms with Crippen LogP contribution in [-0.4, -0.2) is 42.3 Å². The van der Waals surface area contributed by atoms with E-state index in [0.29, 0.717) is 6.61 Å². The van der Waals surface area contributed by atoms with Crippen LogP contribution in [0.5, 0.6) is 0 Å². The average molecular weight is 226 g/mol. The topological polar surface area (TPSA) is 41.6 Å². The first kappa shape index (κ1) is 11.9. The molecular weight excluding hydrogens is 204 g/mol. The van der Waals surface area contributed by atoms with Gasteiger partial charge in [0.15, 0.2) is 0 Å². The van der Waals surface area contributed by atoms with Gasteiger partial charge in [-0.05, 0) is 26.2 Å². The summed E-state index contributed by atoms with van der Waals surface area (Å²) >= 11 is 0. The van der Waals surface area contributed by atoms with E-state index in [4.69, 9.17) is 4.74 Å². The van der Waals surface area contributed by atoms with Crippen molar-refractivity contribution in [3.8, 4) is 0 Å². The van der Waals surface area contributed by atoms with Crippen LogP contribution in [0, 0.1) is 0 Å². The molecule has 2 rings (SSSR count). The first-order valence-electron chi connectivity index (χ1n) is 6.36. The maximum atomic E-state index is 12.0. The van der Waals surface area contributed by atoms with Gasteiger partial charge >= 0.3 is 0 Å². The van der Waals surface area contributed by atoms with Gasteiger partial charge in [0.05, 0.1) is 18.3 Å². The summed E-state index contributed by atoms with van der Waals surface area (Å²) in [6, 6.07) is 0. The second-order valence-electron chi connectivity index (χ2n) is 4.87. The lowest BCUT2D eigenvalue weighted by Crippen LogP contribution is -2.37. The molecule has 1 unspecified atom stereocenters. The van der Waals surface area contributed by atoms with Crippen LogP contribution < -0.4 is 5.32 Å². The fourth-order valence-corrected chi connectivity index (χ4v) is 2.28. The molecule has 1 N–H and O–H groups in total. The van der Waals surface area contributed by atoms with Gasteiger partial charge in [-0.3, -0.25) is 10.1 Å². The average Bonchev–Trinajstić information content (AvgIpc) is 2.98. The number of ether oxygens (including phenoxy) is 1. The summed E-state index contributed by atoms with van der Waals surface area (Å²) in [6.45, 7) is 6.39. The fourth-order valence-electron chi connectivity index (χ4n) is 2.28. The van der Waals surface area contributed by atoms with Crippen molar-refractivity contribution in [3.05, 3.63) is 0 Å². The van der Waals surface area contributed by atoms with E-state index < -0.39 is 0 Å². The zero-order chi connectivity index (χ0) is 11.6. The molecule has 1 heterocycles. The van der Waals surface area contributed by atoms with Crippen molar-refractivity contribution in [2.45, 2.75) is 51.2 Å². The van der Waals surface area contributed by atoms with Gasteiger partial charge in [0.25, 0.3) is 0 Å². The van der Waals surface area contributed by atoms with Crippen LogP contribution in [-0.2, 0) is 9.53 Å². The van der Waals surface area contributed by atoms with Gasteiger partial charge in [-0.1, -0.05) is 13.3 Å². The lowest BCUT2D eigenvalue weighted by atomic mass is 10.3. The molecule has 1 saturated heterocycles. The molecule has 2 fully saturated rings. The molecule has 4 nitrogen and oxygen atoms in total. The van der Waals surface area contributed by atoms with Crippen LogP contribution in [0.1, 0.15) is 39.5 Å². The molecule has 1 atom stereocenters. The molecule has 1 saturated carbocycles. The van der Waals surface area contributed by atoms with Gasteiger partial charge in [-0.2, -0.15) is 0 Å². The number of amides is 1. The largest absolute Gasteiger partial charge is 0.380 e. The summed E-state index contributed by atoms with van der Waals surface area (Å²) in [7, 11) is 0. The van der Waals surface area contributed by atoms with Crippen LogP contribution in [0.15, 0.2) is 0 Å². The standard InChI is InChI=1S/C12H22N2O2/c1-3-4-8-16-9-7-14-10(2)13-12(5-6-12)11(14)15/h10,13H,3-9H2,1-2H3. The van der Waals surface area contributed by atoms with Crippen molar-refractivity contribution in [3.63, 3.8) is 0 Å². The number of hydrogen-bond acceptors (Lipinski definition) is 3. The minimum absolute atomic E-state index is 0.171. The monoisotopic (exact) mass is 226 g/mol. The number of unbranched alkanes of at least 4 members (excludes halogenated alkanes) is 1. The molecule has 1 aliphatic carbocycles. The van der Waals surface area contributed by atoms with Crippen molar-refractivity contribution in [1.29, 1.82) is 0 Å². The highest BCUT2D eigenvalue weighted by atomic mass is 16.5. The molecule has 0 bridgehead atoms. The maximum absolute atomic E-state index is 12.0. The second kappa shape index (κ2) is 4.72. The number of nitrogens with one attached hydrogen (secondary N) is 1. The highest BCUT2D eigenvalue weighted by Gasteiger charge is 2.57. The summed E-state index contributed by atoms with van der Waals surface area (Å²) in [4.78, 5) is 13.9. The summed E-state index contributed by atoms with van der Waals surface area (Å²) in [5.41, 5.74) is -0.178. The Hall–Kier alpha value is -0.610. The van der Waals surface area contributed by atoms with Crippen molar-refractivity contribution in [1.82, 2.24) is 10.2 Å². The first-order valence-corrected chi connectivity index (χ1v) is 6.36. The Morgan fingerprint density at radius 1 is 1.50 bits per heavy atom. The molecular formula is C12H22N2O2. The molecule has 4 heteroatoms. The molecule has 1 amide bonds. The highest BCUT2D eigenvalue weighted by Crippen LogP contribution is 2.41. The van der Waals surface area contributed by atoms with Gasteiger partial charge in [-0.15, -0.1) is 0 Å². The summed E-state index contributed by atoms with van der Waals surface area (Å²) in [5.74, 6) is 0.277. The van der Waals surface area contributed by atoms with E-state index in [2.05, 4.69) is 19.2 Å². The molecule has 2 aliphatic rings. The zero-order valence-corrected chi connectivity index (χ0v) is 10.3. The van der Waals surface area contributed by atoms with Crippen LogP contribution in [0.25, 0.3) is 0 Å². The van der Waals surface area contributed by atoms with E-state index in [1.807, 2.05) is 4.90 Å². The lowest BCUT2D eigenvalue weighted by Gasteiger charge is -2.20. The van der Waals surface area contributed by atoms with Crippen molar-refractivity contribution in [2.24, 2.45) is 0 Å². The van der Waals surface area contributed by atoms with Gasteiger partial charge in [-0.25, -0.2) is 0 Å². The Morgan fingerprint density at radius 3 is 2.81 bits per heavy atom. The third kappa shape index (κ3) is 2.23. The smallest absolute Gasteiger partial charge is 0.244 e. The van der Waals surface area contributed by atoms with Gasteiger partial charge in [0.1, 0.15) is 0 Å². The SMILES string of the molecule is CCCCOCCN1C(=O)C2(CC2)NC1C. The minimum Gasteiger partial charge on any atom is -0.380 e. The fraction of sp³-hybridized carbons (Fsp3) is 0.917. The normalized spacial score (nSPS) is 26.8. The molecule has 0 aromatic rings. The van der Waals surface area contributed by atoms with E-state index in [-0.39, 0.29) is 17.6 Å². The lowest BCUT2D eigenvalue weighted by molar-refractivity contribution is -0.131. The number of hydrogen-bond donors (Lipinski definition) is 1. The zero-order valence-electron chi connectivity index (χ0n) is 10.3. The van der Waals surface area contributed by atoms with Gasteiger partial charge in [0, 0.05) is 13.2 Å². The maximum Gasteiger partial charge on any atom is 0.244 e. The van der Waals surface area contributed by atoms with Crippen molar-refractivity contribution in [2.75, 3.05) is 19.8 Å². The molecule has 0 radical (unpaired) electrons. The predicted molar refractivity (Wildman–Crippen MR) is 62.0 cm³/mol. The molecule has 92 valence electrons. The summed E-state index contributed by atoms with van der Waals surface area (Å²) in [6.07, 6.45) is 4.44.